The van der Waals surface area contributed by atoms with Gasteiger partial charge in [-0.15, -0.1) is 0 Å². The van der Waals surface area contributed by atoms with Crippen LogP contribution in [0.15, 0.2) is 12.2 Å². The van der Waals surface area contributed by atoms with Crippen molar-refractivity contribution < 1.29 is 9.47 Å². The number of hydrogen-bond donors (Lipinski definition) is 0. The van der Waals surface area contributed by atoms with Gasteiger partial charge in [-0.1, -0.05) is 6.08 Å². The standard InChI is InChI=1S/C10H16O2S2/c1-3-11-9(13)7-5-6-8-10(14)12-4-2/h5,7H,3-4,6,8H2,1-2H3. The maximum absolute atomic E-state index is 5.13. The summed E-state index contributed by atoms with van der Waals surface area (Å²) in [5, 5.41) is 1.18. The minimum Gasteiger partial charge on any atom is -0.487 e. The maximum atomic E-state index is 5.13. The van der Waals surface area contributed by atoms with Crippen LogP contribution < -0.4 is 0 Å². The van der Waals surface area contributed by atoms with Gasteiger partial charge in [-0.2, -0.15) is 0 Å². The van der Waals surface area contributed by atoms with Crippen molar-refractivity contribution >= 4 is 34.5 Å². The van der Waals surface area contributed by atoms with E-state index in [2.05, 4.69) is 0 Å². The van der Waals surface area contributed by atoms with Gasteiger partial charge in [0.1, 0.15) is 0 Å². The molecule has 0 saturated carbocycles. The summed E-state index contributed by atoms with van der Waals surface area (Å²) in [5.41, 5.74) is 0. The highest BCUT2D eigenvalue weighted by atomic mass is 32.1. The first-order valence-electron chi connectivity index (χ1n) is 4.69. The molecule has 2 nitrogen and oxygen atoms in total. The van der Waals surface area contributed by atoms with Crippen LogP contribution in [0.5, 0.6) is 0 Å². The molecule has 0 aromatic rings. The van der Waals surface area contributed by atoms with Crippen LogP contribution in [0, 0.1) is 0 Å². The van der Waals surface area contributed by atoms with Gasteiger partial charge in [0.25, 0.3) is 0 Å². The second-order valence-electron chi connectivity index (χ2n) is 2.50. The maximum Gasteiger partial charge on any atom is 0.183 e. The molecule has 0 bridgehead atoms. The Balaban J connectivity index is 3.52. The van der Waals surface area contributed by atoms with Gasteiger partial charge in [-0.25, -0.2) is 0 Å². The lowest BCUT2D eigenvalue weighted by Crippen LogP contribution is -2.00. The summed E-state index contributed by atoms with van der Waals surface area (Å²) in [6.45, 7) is 5.08. The summed E-state index contributed by atoms with van der Waals surface area (Å²) in [6, 6.07) is 0. The zero-order valence-corrected chi connectivity index (χ0v) is 10.2. The first-order chi connectivity index (χ1) is 6.70. The van der Waals surface area contributed by atoms with E-state index in [1.54, 1.807) is 6.08 Å². The molecule has 0 N–H and O–H groups in total. The monoisotopic (exact) mass is 232 g/mol. The van der Waals surface area contributed by atoms with Crippen molar-refractivity contribution in [2.24, 2.45) is 0 Å². The molecule has 14 heavy (non-hydrogen) atoms. The zero-order valence-electron chi connectivity index (χ0n) is 8.62. The lowest BCUT2D eigenvalue weighted by Gasteiger charge is -2.02. The van der Waals surface area contributed by atoms with Gasteiger partial charge in [0.05, 0.1) is 13.2 Å². The molecular weight excluding hydrogens is 216 g/mol. The van der Waals surface area contributed by atoms with E-state index in [1.165, 1.54) is 0 Å². The Kier molecular flexibility index (Phi) is 8.78. The Bertz CT molecular complexity index is 212. The van der Waals surface area contributed by atoms with Crippen molar-refractivity contribution in [3.8, 4) is 0 Å². The van der Waals surface area contributed by atoms with Crippen molar-refractivity contribution in [2.45, 2.75) is 26.7 Å². The predicted molar refractivity (Wildman–Crippen MR) is 66.8 cm³/mol. The summed E-state index contributed by atoms with van der Waals surface area (Å²) >= 11 is 9.87. The van der Waals surface area contributed by atoms with Crippen LogP contribution in [0.2, 0.25) is 0 Å². The van der Waals surface area contributed by atoms with Gasteiger partial charge < -0.3 is 9.47 Å². The van der Waals surface area contributed by atoms with Crippen LogP contribution in [0.25, 0.3) is 0 Å². The molecule has 0 radical (unpaired) electrons. The van der Waals surface area contributed by atoms with Gasteiger partial charge in [-0.05, 0) is 50.8 Å². The van der Waals surface area contributed by atoms with E-state index >= 15 is 0 Å². The third-order valence-electron chi connectivity index (χ3n) is 1.36. The fourth-order valence-corrected chi connectivity index (χ4v) is 1.25. The molecule has 0 saturated heterocycles. The largest absolute Gasteiger partial charge is 0.487 e. The fourth-order valence-electron chi connectivity index (χ4n) is 0.804. The first kappa shape index (κ1) is 13.5. The zero-order chi connectivity index (χ0) is 10.8. The van der Waals surface area contributed by atoms with Gasteiger partial charge >= 0.3 is 0 Å². The third-order valence-corrected chi connectivity index (χ3v) is 1.94. The number of hydrogen-bond acceptors (Lipinski definition) is 4. The molecule has 0 aromatic carbocycles. The van der Waals surface area contributed by atoms with Crippen LogP contribution in [-0.4, -0.2) is 23.3 Å². The molecule has 80 valence electrons. The van der Waals surface area contributed by atoms with Gasteiger partial charge in [-0.3, -0.25) is 0 Å². The highest BCUT2D eigenvalue weighted by molar-refractivity contribution is 7.80. The number of ether oxygens (including phenoxy) is 2. The number of allylic oxidation sites excluding steroid dienone is 1. The third kappa shape index (κ3) is 8.13. The molecular formula is C10H16O2S2. The molecule has 0 aromatic heterocycles. The Hall–Kier alpha value is -0.480. The van der Waals surface area contributed by atoms with Crippen molar-refractivity contribution in [3.63, 3.8) is 0 Å². The second-order valence-corrected chi connectivity index (χ2v) is 3.36. The van der Waals surface area contributed by atoms with Gasteiger partial charge in [0, 0.05) is 6.42 Å². The van der Waals surface area contributed by atoms with E-state index in [-0.39, 0.29) is 0 Å². The predicted octanol–water partition coefficient (Wildman–Crippen LogP) is 3.05. The van der Waals surface area contributed by atoms with E-state index < -0.39 is 0 Å². The molecule has 0 amide bonds. The van der Waals surface area contributed by atoms with E-state index in [0.717, 1.165) is 12.8 Å². The molecule has 0 rings (SSSR count). The molecule has 0 aliphatic carbocycles. The Morgan fingerprint density at radius 3 is 2.36 bits per heavy atom. The van der Waals surface area contributed by atoms with Crippen LogP contribution in [0.3, 0.4) is 0 Å². The second kappa shape index (κ2) is 9.09. The van der Waals surface area contributed by atoms with Crippen LogP contribution in [-0.2, 0) is 9.47 Å². The van der Waals surface area contributed by atoms with E-state index in [4.69, 9.17) is 33.9 Å². The van der Waals surface area contributed by atoms with Gasteiger partial charge in [0.2, 0.25) is 0 Å². The van der Waals surface area contributed by atoms with Crippen LogP contribution >= 0.6 is 24.4 Å². The fraction of sp³-hybridized carbons (Fsp3) is 0.600. The molecule has 0 atom stereocenters. The van der Waals surface area contributed by atoms with Crippen molar-refractivity contribution in [1.29, 1.82) is 0 Å². The molecule has 4 heteroatoms. The summed E-state index contributed by atoms with van der Waals surface area (Å²) < 4.78 is 10.2. The lowest BCUT2D eigenvalue weighted by atomic mass is 10.3. The average Bonchev–Trinajstić information content (AvgIpc) is 2.13. The van der Waals surface area contributed by atoms with Crippen molar-refractivity contribution in [1.82, 2.24) is 0 Å². The minimum absolute atomic E-state index is 0.523. The summed E-state index contributed by atoms with van der Waals surface area (Å²) in [7, 11) is 0. The summed E-state index contributed by atoms with van der Waals surface area (Å²) in [5.74, 6) is 0. The van der Waals surface area contributed by atoms with Crippen molar-refractivity contribution in [3.05, 3.63) is 12.2 Å². The van der Waals surface area contributed by atoms with Crippen LogP contribution in [0.4, 0.5) is 0 Å². The van der Waals surface area contributed by atoms with E-state index in [9.17, 15) is 0 Å². The Labute approximate surface area is 96.3 Å². The molecule has 0 aliphatic rings. The minimum atomic E-state index is 0.523. The van der Waals surface area contributed by atoms with E-state index in [1.807, 2.05) is 19.9 Å². The highest BCUT2D eigenvalue weighted by Crippen LogP contribution is 1.97. The lowest BCUT2D eigenvalue weighted by molar-refractivity contribution is 0.327. The first-order valence-corrected chi connectivity index (χ1v) is 5.51. The normalized spacial score (nSPS) is 10.1. The quantitative estimate of drug-likeness (QED) is 0.517. The van der Waals surface area contributed by atoms with Crippen LogP contribution in [0.1, 0.15) is 26.7 Å². The van der Waals surface area contributed by atoms with Gasteiger partial charge in [0.15, 0.2) is 10.1 Å². The SMILES string of the molecule is CCOC(=S)C=CCCC(=S)OCC. The topological polar surface area (TPSA) is 18.5 Å². The number of thiocarbonyl (C=S) groups is 2. The molecule has 0 heterocycles. The summed E-state index contributed by atoms with van der Waals surface area (Å²) in [4.78, 5) is 0. The smallest absolute Gasteiger partial charge is 0.183 e. The summed E-state index contributed by atoms with van der Waals surface area (Å²) in [6.07, 6.45) is 5.33. The average molecular weight is 232 g/mol. The highest BCUT2D eigenvalue weighted by Gasteiger charge is 1.93. The molecule has 0 unspecified atom stereocenters. The van der Waals surface area contributed by atoms with Crippen molar-refractivity contribution in [2.75, 3.05) is 13.2 Å². The molecule has 0 aliphatic heterocycles. The Morgan fingerprint density at radius 2 is 1.79 bits per heavy atom. The number of rotatable bonds is 6. The molecule has 0 spiro atoms. The van der Waals surface area contributed by atoms with E-state index in [0.29, 0.717) is 23.3 Å². The Morgan fingerprint density at radius 1 is 1.14 bits per heavy atom. The molecule has 0 fully saturated rings.